The van der Waals surface area contributed by atoms with Crippen LogP contribution >= 0.6 is 9.24 Å². The van der Waals surface area contributed by atoms with Crippen LogP contribution in [0.1, 0.15) is 39.1 Å². The number of ketones is 1. The van der Waals surface area contributed by atoms with Gasteiger partial charge in [-0.2, -0.15) is 0 Å². The molecule has 0 saturated carbocycles. The molecular weight excluding hydrogens is 374 g/mol. The van der Waals surface area contributed by atoms with Crippen LogP contribution in [0.2, 0.25) is 0 Å². The van der Waals surface area contributed by atoms with Gasteiger partial charge in [0.25, 0.3) is 5.91 Å². The number of amides is 1. The number of hydrogen-bond donors (Lipinski definition) is 0. The van der Waals surface area contributed by atoms with Gasteiger partial charge in [0.05, 0.1) is 6.54 Å². The van der Waals surface area contributed by atoms with Crippen LogP contribution in [0.5, 0.6) is 0 Å². The number of likely N-dealkylation sites (tertiary alicyclic amines) is 1. The Hall–Kier alpha value is -2.10. The Morgan fingerprint density at radius 2 is 1.82 bits per heavy atom. The molecule has 0 N–H and O–H groups in total. The summed E-state index contributed by atoms with van der Waals surface area (Å²) in [6.45, 7) is 3.15. The number of carbonyl (C=O) groups excluding carboxylic acids is 2. The van der Waals surface area contributed by atoms with Crippen LogP contribution in [0.15, 0.2) is 42.5 Å². The Morgan fingerprint density at radius 1 is 1.11 bits per heavy atom. The Bertz CT molecular complexity index is 892. The summed E-state index contributed by atoms with van der Waals surface area (Å²) in [5, 5.41) is 1.07. The van der Waals surface area contributed by atoms with E-state index >= 15 is 0 Å². The molecule has 4 rings (SSSR count). The first kappa shape index (κ1) is 19.2. The molecule has 1 atom stereocenters. The van der Waals surface area contributed by atoms with E-state index in [0.717, 1.165) is 36.8 Å². The lowest BCUT2D eigenvalue weighted by molar-refractivity contribution is 0.0707. The van der Waals surface area contributed by atoms with E-state index in [0.29, 0.717) is 36.7 Å². The van der Waals surface area contributed by atoms with E-state index in [9.17, 15) is 14.0 Å². The van der Waals surface area contributed by atoms with Crippen molar-refractivity contribution in [2.45, 2.75) is 19.4 Å². The van der Waals surface area contributed by atoms with Crippen molar-refractivity contribution < 1.29 is 14.0 Å². The maximum absolute atomic E-state index is 13.9. The second-order valence-electron chi connectivity index (χ2n) is 7.72. The minimum absolute atomic E-state index is 0.0651. The molecule has 4 nitrogen and oxygen atoms in total. The molecule has 1 amide bonds. The highest BCUT2D eigenvalue weighted by atomic mass is 31.0. The van der Waals surface area contributed by atoms with Crippen molar-refractivity contribution in [2.75, 3.05) is 26.2 Å². The van der Waals surface area contributed by atoms with Crippen LogP contribution in [0.25, 0.3) is 0 Å². The van der Waals surface area contributed by atoms with Gasteiger partial charge >= 0.3 is 0 Å². The Labute approximate surface area is 166 Å². The first-order valence-corrected chi connectivity index (χ1v) is 10.3. The Kier molecular flexibility index (Phi) is 5.56. The van der Waals surface area contributed by atoms with E-state index in [1.165, 1.54) is 6.07 Å². The molecule has 0 radical (unpaired) electrons. The molecule has 2 heterocycles. The largest absolute Gasteiger partial charge is 0.334 e. The van der Waals surface area contributed by atoms with Gasteiger partial charge < -0.3 is 4.90 Å². The molecule has 2 aromatic rings. The van der Waals surface area contributed by atoms with E-state index in [-0.39, 0.29) is 17.5 Å². The number of piperidine rings is 1. The van der Waals surface area contributed by atoms with Crippen LogP contribution in [0, 0.1) is 11.7 Å². The number of Topliss-reactive ketones (excluding diaryl/α,β-unsaturated/α-hetero) is 1. The quantitative estimate of drug-likeness (QED) is 0.575. The summed E-state index contributed by atoms with van der Waals surface area (Å²) in [5.74, 6) is 0.175. The Balaban J connectivity index is 1.28. The molecule has 0 spiro atoms. The smallest absolute Gasteiger partial charge is 0.254 e. The maximum Gasteiger partial charge on any atom is 0.254 e. The minimum atomic E-state index is -0.295. The minimum Gasteiger partial charge on any atom is -0.334 e. The molecule has 1 fully saturated rings. The first-order valence-electron chi connectivity index (χ1n) is 9.69. The SMILES string of the molecule is O=C(CN1CCC(CN2Cc3c(F)cccc3C2=O)CC1)c1ccc(P)cc1. The van der Waals surface area contributed by atoms with Gasteiger partial charge in [-0.15, -0.1) is 9.24 Å². The van der Waals surface area contributed by atoms with Gasteiger partial charge in [-0.05, 0) is 49.3 Å². The van der Waals surface area contributed by atoms with Gasteiger partial charge in [-0.3, -0.25) is 14.5 Å². The van der Waals surface area contributed by atoms with E-state index < -0.39 is 0 Å². The van der Waals surface area contributed by atoms with Crippen molar-refractivity contribution in [3.63, 3.8) is 0 Å². The highest BCUT2D eigenvalue weighted by molar-refractivity contribution is 7.27. The molecule has 0 aromatic heterocycles. The molecule has 28 heavy (non-hydrogen) atoms. The van der Waals surface area contributed by atoms with Crippen molar-refractivity contribution in [3.8, 4) is 0 Å². The zero-order valence-electron chi connectivity index (χ0n) is 15.7. The summed E-state index contributed by atoms with van der Waals surface area (Å²) >= 11 is 0. The zero-order valence-corrected chi connectivity index (χ0v) is 16.9. The lowest BCUT2D eigenvalue weighted by atomic mass is 9.95. The monoisotopic (exact) mass is 398 g/mol. The van der Waals surface area contributed by atoms with Gasteiger partial charge in [-0.1, -0.05) is 30.3 Å². The number of rotatable bonds is 5. The molecule has 146 valence electrons. The lowest BCUT2D eigenvalue weighted by Gasteiger charge is -2.33. The van der Waals surface area contributed by atoms with Crippen LogP contribution < -0.4 is 5.30 Å². The summed E-state index contributed by atoms with van der Waals surface area (Å²) < 4.78 is 13.9. The van der Waals surface area contributed by atoms with Crippen molar-refractivity contribution in [2.24, 2.45) is 5.92 Å². The Morgan fingerprint density at radius 3 is 2.50 bits per heavy atom. The number of fused-ring (bicyclic) bond motifs is 1. The van der Waals surface area contributed by atoms with Crippen molar-refractivity contribution >= 4 is 26.2 Å². The average molecular weight is 398 g/mol. The molecule has 2 aliphatic rings. The van der Waals surface area contributed by atoms with Crippen LogP contribution in [-0.2, 0) is 6.54 Å². The van der Waals surface area contributed by atoms with Gasteiger partial charge in [0.2, 0.25) is 0 Å². The average Bonchev–Trinajstić information content (AvgIpc) is 3.01. The fourth-order valence-electron chi connectivity index (χ4n) is 4.10. The number of hydrogen-bond acceptors (Lipinski definition) is 3. The van der Waals surface area contributed by atoms with Gasteiger partial charge in [0.1, 0.15) is 5.82 Å². The molecule has 0 aliphatic carbocycles. The molecular formula is C22H24FN2O2P. The zero-order chi connectivity index (χ0) is 19.7. The molecule has 1 unspecified atom stereocenters. The van der Waals surface area contributed by atoms with Gasteiger partial charge in [0, 0.05) is 29.8 Å². The highest BCUT2D eigenvalue weighted by Gasteiger charge is 2.32. The third-order valence-electron chi connectivity index (χ3n) is 5.77. The van der Waals surface area contributed by atoms with Crippen molar-refractivity contribution in [1.82, 2.24) is 9.80 Å². The summed E-state index contributed by atoms with van der Waals surface area (Å²) in [4.78, 5) is 28.9. The molecule has 2 aromatic carbocycles. The number of halogens is 1. The summed E-state index contributed by atoms with van der Waals surface area (Å²) in [6.07, 6.45) is 1.89. The van der Waals surface area contributed by atoms with Crippen molar-refractivity contribution in [1.29, 1.82) is 0 Å². The fraction of sp³-hybridized carbons (Fsp3) is 0.364. The highest BCUT2D eigenvalue weighted by Crippen LogP contribution is 2.28. The second-order valence-corrected chi connectivity index (χ2v) is 8.38. The number of benzene rings is 2. The topological polar surface area (TPSA) is 40.6 Å². The number of carbonyl (C=O) groups is 2. The number of nitrogens with zero attached hydrogens (tertiary/aromatic N) is 2. The van der Waals surface area contributed by atoms with Gasteiger partial charge in [0.15, 0.2) is 5.78 Å². The van der Waals surface area contributed by atoms with Gasteiger partial charge in [-0.25, -0.2) is 4.39 Å². The fourth-order valence-corrected chi connectivity index (χ4v) is 4.29. The normalized spacial score (nSPS) is 17.8. The van der Waals surface area contributed by atoms with E-state index in [2.05, 4.69) is 14.1 Å². The predicted octanol–water partition coefficient (Wildman–Crippen LogP) is 2.88. The third kappa shape index (κ3) is 4.01. The summed E-state index contributed by atoms with van der Waals surface area (Å²) in [7, 11) is 2.62. The first-order chi connectivity index (χ1) is 13.5. The summed E-state index contributed by atoms with van der Waals surface area (Å²) in [6, 6.07) is 12.3. The third-order valence-corrected chi connectivity index (χ3v) is 6.16. The van der Waals surface area contributed by atoms with E-state index in [1.807, 2.05) is 24.3 Å². The van der Waals surface area contributed by atoms with Crippen LogP contribution in [0.4, 0.5) is 4.39 Å². The van der Waals surface area contributed by atoms with E-state index in [4.69, 9.17) is 0 Å². The standard InChI is InChI=1S/C22H24FN2O2P/c23-20-3-1-2-18-19(20)13-25(22(18)27)12-15-8-10-24(11-9-15)14-21(26)16-4-6-17(28)7-5-16/h1-7,15H,8-14,28H2. The molecule has 6 heteroatoms. The maximum atomic E-state index is 13.9. The predicted molar refractivity (Wildman–Crippen MR) is 110 cm³/mol. The van der Waals surface area contributed by atoms with Crippen molar-refractivity contribution in [3.05, 3.63) is 65.0 Å². The molecule has 2 aliphatic heterocycles. The summed E-state index contributed by atoms with van der Waals surface area (Å²) in [5.41, 5.74) is 1.77. The van der Waals surface area contributed by atoms with Crippen LogP contribution in [-0.4, -0.2) is 47.7 Å². The van der Waals surface area contributed by atoms with Crippen LogP contribution in [0.3, 0.4) is 0 Å². The van der Waals surface area contributed by atoms with E-state index in [1.54, 1.807) is 17.0 Å². The molecule has 1 saturated heterocycles. The second kappa shape index (κ2) is 8.10. The lowest BCUT2D eigenvalue weighted by Crippen LogP contribution is -2.41. The molecule has 0 bridgehead atoms.